The van der Waals surface area contributed by atoms with E-state index in [2.05, 4.69) is 25.2 Å². The molecule has 0 spiro atoms. The summed E-state index contributed by atoms with van der Waals surface area (Å²) < 4.78 is 50.1. The van der Waals surface area contributed by atoms with Crippen molar-refractivity contribution in [2.45, 2.75) is 12.7 Å². The van der Waals surface area contributed by atoms with Crippen LogP contribution in [0.3, 0.4) is 0 Å². The van der Waals surface area contributed by atoms with Crippen LogP contribution in [0.1, 0.15) is 21.5 Å². The molecule has 5 aromatic rings. The molecule has 1 saturated heterocycles. The fourth-order valence-corrected chi connectivity index (χ4v) is 5.46. The highest BCUT2D eigenvalue weighted by Gasteiger charge is 2.34. The fraction of sp³-hybridized carbons (Fsp3) is 0.250. The number of ether oxygens (including phenoxy) is 1. The summed E-state index contributed by atoms with van der Waals surface area (Å²) in [5.41, 5.74) is 0.926. The maximum absolute atomic E-state index is 14.1. The summed E-state index contributed by atoms with van der Waals surface area (Å²) >= 11 is 12.4. The molecule has 14 heteroatoms. The van der Waals surface area contributed by atoms with Crippen molar-refractivity contribution in [3.63, 3.8) is 0 Å². The maximum Gasteiger partial charge on any atom is 0.416 e. The van der Waals surface area contributed by atoms with E-state index < -0.39 is 17.6 Å². The van der Waals surface area contributed by atoms with Crippen molar-refractivity contribution >= 4 is 46.0 Å². The lowest BCUT2D eigenvalue weighted by molar-refractivity contribution is -0.138. The predicted octanol–water partition coefficient (Wildman–Crippen LogP) is 7.15. The fourth-order valence-electron chi connectivity index (χ4n) is 5.13. The summed E-state index contributed by atoms with van der Waals surface area (Å²) in [6.07, 6.45) is -3.03. The molecule has 9 nitrogen and oxygen atoms in total. The molecule has 1 fully saturated rings. The van der Waals surface area contributed by atoms with E-state index in [1.54, 1.807) is 48.3 Å². The number of amides is 1. The lowest BCUT2D eigenvalue weighted by Crippen LogP contribution is -2.44. The molecular formula is C32H28Cl2F3N7O2. The first-order valence-corrected chi connectivity index (χ1v) is 15.0. The first-order chi connectivity index (χ1) is 21.9. The van der Waals surface area contributed by atoms with Gasteiger partial charge in [-0.1, -0.05) is 29.3 Å². The Bertz CT molecular complexity index is 1910. The quantitative estimate of drug-likeness (QED) is 0.197. The van der Waals surface area contributed by atoms with Gasteiger partial charge in [0.1, 0.15) is 5.75 Å². The van der Waals surface area contributed by atoms with Gasteiger partial charge in [0.15, 0.2) is 17.0 Å². The van der Waals surface area contributed by atoms with Crippen molar-refractivity contribution in [3.05, 3.63) is 93.7 Å². The summed E-state index contributed by atoms with van der Waals surface area (Å²) in [6, 6.07) is 15.2. The van der Waals surface area contributed by atoms with Gasteiger partial charge in [0.2, 0.25) is 0 Å². The number of likely N-dealkylation sites (N-methyl/N-ethyl adjacent to an activating group) is 1. The molecule has 1 N–H and O–H groups in total. The highest BCUT2D eigenvalue weighted by Crippen LogP contribution is 2.36. The number of aromatic nitrogens is 4. The van der Waals surface area contributed by atoms with E-state index in [1.807, 2.05) is 11.9 Å². The number of halogens is 5. The number of hydrogen-bond acceptors (Lipinski definition) is 7. The molecule has 0 radical (unpaired) electrons. The SMILES string of the molecule is CN1CCN(Cc2ccc(NC(=O)c3cc(Oc4nc(-c5ccc(Cl)cc5)nc5c4ncn5C)ccc3Cl)cc2C(F)(F)F)CC1. The van der Waals surface area contributed by atoms with Crippen LogP contribution < -0.4 is 10.1 Å². The minimum Gasteiger partial charge on any atom is -0.437 e. The number of anilines is 1. The highest BCUT2D eigenvalue weighted by atomic mass is 35.5. The number of nitrogens with one attached hydrogen (secondary N) is 1. The van der Waals surface area contributed by atoms with E-state index in [1.165, 1.54) is 24.3 Å². The summed E-state index contributed by atoms with van der Waals surface area (Å²) in [5.74, 6) is 0.00454. The number of rotatable bonds is 7. The van der Waals surface area contributed by atoms with E-state index in [0.717, 1.165) is 19.2 Å². The topological polar surface area (TPSA) is 88.4 Å². The van der Waals surface area contributed by atoms with Crippen molar-refractivity contribution < 1.29 is 22.7 Å². The summed E-state index contributed by atoms with van der Waals surface area (Å²) in [6.45, 7) is 3.08. The van der Waals surface area contributed by atoms with Crippen LogP contribution in [-0.4, -0.2) is 68.5 Å². The molecule has 3 heterocycles. The minimum absolute atomic E-state index is 0.00140. The molecule has 238 valence electrons. The van der Waals surface area contributed by atoms with E-state index in [-0.39, 0.29) is 40.0 Å². The number of piperazine rings is 1. The van der Waals surface area contributed by atoms with Gasteiger partial charge in [-0.05, 0) is 67.2 Å². The number of carbonyl (C=O) groups is 1. The van der Waals surface area contributed by atoms with Crippen LogP contribution in [0.5, 0.6) is 11.6 Å². The van der Waals surface area contributed by atoms with Gasteiger partial charge in [0, 0.05) is 56.0 Å². The number of nitrogens with zero attached hydrogens (tertiary/aromatic N) is 6. The smallest absolute Gasteiger partial charge is 0.416 e. The third-order valence-corrected chi connectivity index (χ3v) is 8.27. The zero-order valence-electron chi connectivity index (χ0n) is 24.8. The predicted molar refractivity (Wildman–Crippen MR) is 170 cm³/mol. The van der Waals surface area contributed by atoms with Gasteiger partial charge in [-0.3, -0.25) is 9.69 Å². The van der Waals surface area contributed by atoms with E-state index in [9.17, 15) is 18.0 Å². The summed E-state index contributed by atoms with van der Waals surface area (Å²) in [5, 5.41) is 3.20. The number of imidazole rings is 1. The molecule has 0 unspecified atom stereocenters. The lowest BCUT2D eigenvalue weighted by atomic mass is 10.0. The Labute approximate surface area is 272 Å². The largest absolute Gasteiger partial charge is 0.437 e. The van der Waals surface area contributed by atoms with Gasteiger partial charge in [-0.15, -0.1) is 0 Å². The molecule has 46 heavy (non-hydrogen) atoms. The van der Waals surface area contributed by atoms with Crippen molar-refractivity contribution in [2.75, 3.05) is 38.5 Å². The first kappa shape index (κ1) is 31.7. The standard InChI is InChI=1S/C32H28Cl2F3N7O2/c1-42-11-13-44(14-12-42)17-20-5-8-22(15-25(20)32(35,36)37)39-30(45)24-16-23(9-10-26(24)34)46-31-27-29(43(2)18-38-27)40-28(41-31)19-3-6-21(33)7-4-19/h3-10,15-16,18H,11-14,17H2,1-2H3,(H,39,45). The number of fused-ring (bicyclic) bond motifs is 1. The second kappa shape index (κ2) is 12.9. The zero-order valence-corrected chi connectivity index (χ0v) is 26.3. The van der Waals surface area contributed by atoms with E-state index >= 15 is 0 Å². The molecule has 0 saturated carbocycles. The van der Waals surface area contributed by atoms with Gasteiger partial charge < -0.3 is 19.5 Å². The van der Waals surface area contributed by atoms with Gasteiger partial charge in [-0.25, -0.2) is 9.97 Å². The molecule has 1 aliphatic heterocycles. The molecule has 1 amide bonds. The van der Waals surface area contributed by atoms with Crippen molar-refractivity contribution in [3.8, 4) is 23.0 Å². The Hall–Kier alpha value is -4.23. The van der Waals surface area contributed by atoms with Crippen LogP contribution in [0.2, 0.25) is 10.0 Å². The Kier molecular flexibility index (Phi) is 8.88. The number of carbonyl (C=O) groups excluding carboxylic acids is 1. The first-order valence-electron chi connectivity index (χ1n) is 14.3. The van der Waals surface area contributed by atoms with Crippen LogP contribution in [-0.2, 0) is 19.8 Å². The second-order valence-corrected chi connectivity index (χ2v) is 11.9. The van der Waals surface area contributed by atoms with Crippen LogP contribution in [0.4, 0.5) is 18.9 Å². The number of hydrogen-bond donors (Lipinski definition) is 1. The zero-order chi connectivity index (χ0) is 32.6. The molecule has 2 aromatic heterocycles. The van der Waals surface area contributed by atoms with Crippen LogP contribution in [0, 0.1) is 0 Å². The van der Waals surface area contributed by atoms with Crippen LogP contribution in [0.25, 0.3) is 22.6 Å². The number of benzene rings is 3. The van der Waals surface area contributed by atoms with Gasteiger partial charge in [-0.2, -0.15) is 18.2 Å². The molecule has 0 bridgehead atoms. The maximum atomic E-state index is 14.1. The summed E-state index contributed by atoms with van der Waals surface area (Å²) in [4.78, 5) is 31.0. The van der Waals surface area contributed by atoms with Crippen molar-refractivity contribution in [1.82, 2.24) is 29.3 Å². The monoisotopic (exact) mass is 669 g/mol. The van der Waals surface area contributed by atoms with E-state index in [0.29, 0.717) is 40.7 Å². The van der Waals surface area contributed by atoms with Crippen molar-refractivity contribution in [1.29, 1.82) is 0 Å². The normalized spacial score (nSPS) is 14.5. The molecule has 1 aliphatic rings. The highest BCUT2D eigenvalue weighted by molar-refractivity contribution is 6.34. The molecule has 0 atom stereocenters. The van der Waals surface area contributed by atoms with Gasteiger partial charge >= 0.3 is 6.18 Å². The second-order valence-electron chi connectivity index (χ2n) is 11.0. The van der Waals surface area contributed by atoms with Gasteiger partial charge in [0.25, 0.3) is 11.8 Å². The van der Waals surface area contributed by atoms with E-state index in [4.69, 9.17) is 27.9 Å². The average Bonchev–Trinajstić information content (AvgIpc) is 3.40. The molecule has 6 rings (SSSR count). The lowest BCUT2D eigenvalue weighted by Gasteiger charge is -2.33. The average molecular weight is 671 g/mol. The Balaban J connectivity index is 1.25. The third kappa shape index (κ3) is 6.95. The van der Waals surface area contributed by atoms with Gasteiger partial charge in [0.05, 0.1) is 22.5 Å². The van der Waals surface area contributed by atoms with Crippen molar-refractivity contribution in [2.24, 2.45) is 7.05 Å². The Morgan fingerprint density at radius 1 is 0.957 bits per heavy atom. The van der Waals surface area contributed by atoms with Crippen LogP contribution >= 0.6 is 23.2 Å². The Morgan fingerprint density at radius 3 is 2.41 bits per heavy atom. The Morgan fingerprint density at radius 2 is 1.70 bits per heavy atom. The molecule has 3 aromatic carbocycles. The summed E-state index contributed by atoms with van der Waals surface area (Å²) in [7, 11) is 3.77. The molecule has 0 aliphatic carbocycles. The number of alkyl halides is 3. The van der Waals surface area contributed by atoms with Crippen LogP contribution in [0.15, 0.2) is 67.0 Å². The third-order valence-electron chi connectivity index (χ3n) is 7.69. The number of aryl methyl sites for hydroxylation is 1. The minimum atomic E-state index is -4.60. The molecular weight excluding hydrogens is 642 g/mol.